The monoisotopic (exact) mass is 411 g/mol. The summed E-state index contributed by atoms with van der Waals surface area (Å²) in [6, 6.07) is 15.7. The Morgan fingerprint density at radius 3 is 2.55 bits per heavy atom. The second kappa shape index (κ2) is 6.65. The molecule has 1 N–H and O–H groups in total. The van der Waals surface area contributed by atoms with Crippen LogP contribution in [0.3, 0.4) is 0 Å². The Morgan fingerprint density at radius 2 is 1.85 bits per heavy atom. The van der Waals surface area contributed by atoms with Crippen LogP contribution in [0.15, 0.2) is 61.2 Å². The highest BCUT2D eigenvalue weighted by Gasteiger charge is 2.20. The highest BCUT2D eigenvalue weighted by atomic mass is 79.9. The zero-order valence-corrected chi connectivity index (χ0v) is 14.9. The first-order valence-corrected chi connectivity index (χ1v) is 9.07. The topological polar surface area (TPSA) is 12.0 Å². The van der Waals surface area contributed by atoms with Crippen molar-refractivity contribution in [3.05, 3.63) is 57.0 Å². The van der Waals surface area contributed by atoms with Gasteiger partial charge in [0, 0.05) is 31.3 Å². The van der Waals surface area contributed by atoms with Crippen LogP contribution in [-0.2, 0) is 6.54 Å². The van der Waals surface area contributed by atoms with E-state index >= 15 is 0 Å². The normalized spacial score (nSPS) is 14.5. The van der Waals surface area contributed by atoms with Crippen molar-refractivity contribution >= 4 is 43.6 Å². The van der Waals surface area contributed by atoms with Gasteiger partial charge in [0.25, 0.3) is 0 Å². The van der Waals surface area contributed by atoms with Crippen molar-refractivity contribution in [3.8, 4) is 0 Å². The lowest BCUT2D eigenvalue weighted by Crippen LogP contribution is -2.15. The Bertz CT molecular complexity index is 611. The molecule has 0 heterocycles. The summed E-state index contributed by atoms with van der Waals surface area (Å²) in [4.78, 5) is 2.49. The number of halogens is 2. The molecule has 1 fully saturated rings. The highest BCUT2D eigenvalue weighted by molar-refractivity contribution is 9.10. The molecule has 0 spiro atoms. The molecule has 0 atom stereocenters. The Balaban J connectivity index is 1.71. The number of nitrogens with one attached hydrogen (secondary N) is 1. The Labute approximate surface area is 140 Å². The molecule has 1 nitrogen and oxygen atoms in total. The molecule has 1 saturated carbocycles. The molecule has 1 aliphatic rings. The smallest absolute Gasteiger partial charge is 0.0314 e. The number of hydrogen-bond donors (Lipinski definition) is 1. The summed E-state index contributed by atoms with van der Waals surface area (Å²) in [5, 5.41) is 3.55. The lowest BCUT2D eigenvalue weighted by Gasteiger charge is -2.09. The van der Waals surface area contributed by atoms with Crippen molar-refractivity contribution in [2.75, 3.05) is 0 Å². The highest BCUT2D eigenvalue weighted by Crippen LogP contribution is 2.35. The van der Waals surface area contributed by atoms with Crippen LogP contribution in [0.2, 0.25) is 0 Å². The van der Waals surface area contributed by atoms with Crippen LogP contribution in [0.5, 0.6) is 0 Å². The predicted octanol–water partition coefficient (Wildman–Crippen LogP) is 5.61. The van der Waals surface area contributed by atoms with E-state index in [0.717, 1.165) is 17.1 Å². The van der Waals surface area contributed by atoms with Crippen molar-refractivity contribution < 1.29 is 0 Å². The molecule has 3 rings (SSSR count). The molecule has 0 bridgehead atoms. The minimum Gasteiger partial charge on any atom is -0.310 e. The van der Waals surface area contributed by atoms with Gasteiger partial charge < -0.3 is 5.32 Å². The molecule has 104 valence electrons. The fraction of sp³-hybridized carbons (Fsp3) is 0.250. The third kappa shape index (κ3) is 3.88. The molecule has 0 amide bonds. The van der Waals surface area contributed by atoms with Crippen LogP contribution < -0.4 is 5.32 Å². The van der Waals surface area contributed by atoms with Crippen molar-refractivity contribution in [2.45, 2.75) is 35.2 Å². The van der Waals surface area contributed by atoms with Crippen molar-refractivity contribution in [2.24, 2.45) is 0 Å². The maximum Gasteiger partial charge on any atom is 0.0314 e. The molecular formula is C16H15Br2NS. The summed E-state index contributed by atoms with van der Waals surface area (Å²) < 4.78 is 2.32. The summed E-state index contributed by atoms with van der Waals surface area (Å²) in [5.41, 5.74) is 1.33. The average molecular weight is 413 g/mol. The Hall–Kier alpha value is -0.290. The molecule has 20 heavy (non-hydrogen) atoms. The molecule has 4 heteroatoms. The van der Waals surface area contributed by atoms with Crippen LogP contribution in [0.4, 0.5) is 0 Å². The van der Waals surface area contributed by atoms with Crippen LogP contribution in [0, 0.1) is 0 Å². The van der Waals surface area contributed by atoms with Gasteiger partial charge in [0.15, 0.2) is 0 Å². The van der Waals surface area contributed by atoms with Crippen molar-refractivity contribution in [1.29, 1.82) is 0 Å². The first-order chi connectivity index (χ1) is 9.72. The molecule has 0 unspecified atom stereocenters. The van der Waals surface area contributed by atoms with Gasteiger partial charge >= 0.3 is 0 Å². The van der Waals surface area contributed by atoms with E-state index in [4.69, 9.17) is 0 Å². The quantitative estimate of drug-likeness (QED) is 0.684. The second-order valence-electron chi connectivity index (χ2n) is 4.94. The summed E-state index contributed by atoms with van der Waals surface area (Å²) in [7, 11) is 0. The average Bonchev–Trinajstić information content (AvgIpc) is 3.25. The van der Waals surface area contributed by atoms with Crippen molar-refractivity contribution in [3.63, 3.8) is 0 Å². The summed E-state index contributed by atoms with van der Waals surface area (Å²) in [5.74, 6) is 0. The van der Waals surface area contributed by atoms with E-state index in [-0.39, 0.29) is 0 Å². The van der Waals surface area contributed by atoms with Gasteiger partial charge in [-0.3, -0.25) is 0 Å². The fourth-order valence-electron chi connectivity index (χ4n) is 1.93. The van der Waals surface area contributed by atoms with Gasteiger partial charge in [0.05, 0.1) is 0 Å². The van der Waals surface area contributed by atoms with Crippen molar-refractivity contribution in [1.82, 2.24) is 5.32 Å². The predicted molar refractivity (Wildman–Crippen MR) is 92.3 cm³/mol. The van der Waals surface area contributed by atoms with Crippen LogP contribution >= 0.6 is 43.6 Å². The van der Waals surface area contributed by atoms with Crippen LogP contribution in [0.25, 0.3) is 0 Å². The van der Waals surface area contributed by atoms with Crippen LogP contribution in [-0.4, -0.2) is 6.04 Å². The zero-order valence-electron chi connectivity index (χ0n) is 10.9. The van der Waals surface area contributed by atoms with Gasteiger partial charge in [0.2, 0.25) is 0 Å². The van der Waals surface area contributed by atoms with Crippen LogP contribution in [0.1, 0.15) is 18.4 Å². The molecule has 0 radical (unpaired) electrons. The van der Waals surface area contributed by atoms with Gasteiger partial charge in [-0.1, -0.05) is 45.9 Å². The molecule has 0 aliphatic heterocycles. The summed E-state index contributed by atoms with van der Waals surface area (Å²) in [6.07, 6.45) is 2.65. The van der Waals surface area contributed by atoms with E-state index in [0.29, 0.717) is 0 Å². The third-order valence-corrected chi connectivity index (χ3v) is 6.01. The van der Waals surface area contributed by atoms with E-state index in [1.807, 2.05) is 6.07 Å². The first-order valence-electron chi connectivity index (χ1n) is 6.66. The Morgan fingerprint density at radius 1 is 1.05 bits per heavy atom. The maximum atomic E-state index is 3.68. The third-order valence-electron chi connectivity index (χ3n) is 3.25. The number of benzene rings is 2. The van der Waals surface area contributed by atoms with Gasteiger partial charge in [-0.15, -0.1) is 0 Å². The van der Waals surface area contributed by atoms with E-state index < -0.39 is 0 Å². The molecule has 1 aliphatic carbocycles. The molecular weight excluding hydrogens is 398 g/mol. The lowest BCUT2D eigenvalue weighted by atomic mass is 10.2. The standard InChI is InChI=1S/C16H15Br2NS/c17-14-3-1-2-4-16(14)20-13-8-5-11(15(18)9-13)10-19-12-6-7-12/h1-5,8-9,12,19H,6-7,10H2. The van der Waals surface area contributed by atoms with E-state index in [9.17, 15) is 0 Å². The maximum absolute atomic E-state index is 3.68. The van der Waals surface area contributed by atoms with Gasteiger partial charge in [-0.2, -0.15) is 0 Å². The summed E-state index contributed by atoms with van der Waals surface area (Å²) >= 11 is 9.05. The Kier molecular flexibility index (Phi) is 4.87. The fourth-order valence-corrected chi connectivity index (χ4v) is 4.01. The van der Waals surface area contributed by atoms with E-state index in [2.05, 4.69) is 73.6 Å². The second-order valence-corrected chi connectivity index (χ2v) is 7.76. The van der Waals surface area contributed by atoms with Gasteiger partial charge in [-0.05, 0) is 58.6 Å². The largest absolute Gasteiger partial charge is 0.310 e. The molecule has 2 aromatic carbocycles. The first kappa shape index (κ1) is 14.6. The summed E-state index contributed by atoms with van der Waals surface area (Å²) in [6.45, 7) is 0.950. The minimum atomic E-state index is 0.747. The molecule has 0 aromatic heterocycles. The lowest BCUT2D eigenvalue weighted by molar-refractivity contribution is 0.685. The number of hydrogen-bond acceptors (Lipinski definition) is 2. The molecule has 0 saturated heterocycles. The minimum absolute atomic E-state index is 0.747. The van der Waals surface area contributed by atoms with Gasteiger partial charge in [0.1, 0.15) is 0 Å². The molecule has 2 aromatic rings. The van der Waals surface area contributed by atoms with Gasteiger partial charge in [-0.25, -0.2) is 0 Å². The SMILES string of the molecule is Brc1cc(Sc2ccccc2Br)ccc1CNC1CC1. The number of rotatable bonds is 5. The zero-order chi connectivity index (χ0) is 13.9. The van der Waals surface area contributed by atoms with E-state index in [1.165, 1.54) is 32.7 Å². The van der Waals surface area contributed by atoms with E-state index in [1.54, 1.807) is 11.8 Å².